The maximum absolute atomic E-state index is 11.7. The number of benzene rings is 1. The fraction of sp³-hybridized carbons (Fsp3) is 0.562. The molecule has 0 spiro atoms. The molecule has 5 heteroatoms. The van der Waals surface area contributed by atoms with Gasteiger partial charge in [0.05, 0.1) is 6.54 Å². The Bertz CT molecular complexity index is 420. The van der Waals surface area contributed by atoms with Crippen LogP contribution in [-0.4, -0.2) is 36.4 Å². The molecular weight excluding hydrogens is 268 g/mol. The van der Waals surface area contributed by atoms with Crippen LogP contribution in [0.5, 0.6) is 5.75 Å². The predicted octanol–water partition coefficient (Wildman–Crippen LogP) is 2.22. The van der Waals surface area contributed by atoms with Gasteiger partial charge >= 0.3 is 6.03 Å². The molecule has 0 aliphatic rings. The average molecular weight is 294 g/mol. The minimum Gasteiger partial charge on any atom is -0.489 e. The van der Waals surface area contributed by atoms with E-state index in [-0.39, 0.29) is 24.8 Å². The molecule has 0 saturated heterocycles. The van der Waals surface area contributed by atoms with Crippen molar-refractivity contribution in [1.82, 2.24) is 10.6 Å². The van der Waals surface area contributed by atoms with E-state index in [9.17, 15) is 4.79 Å². The topological polar surface area (TPSA) is 70.6 Å². The lowest BCUT2D eigenvalue weighted by molar-refractivity contribution is 0.205. The summed E-state index contributed by atoms with van der Waals surface area (Å²) in [5, 5.41) is 14.3. The molecular formula is C16H26N2O3. The quantitative estimate of drug-likeness (QED) is 0.688. The molecule has 5 nitrogen and oxygen atoms in total. The van der Waals surface area contributed by atoms with E-state index >= 15 is 0 Å². The lowest BCUT2D eigenvalue weighted by Crippen LogP contribution is -2.44. The number of aliphatic hydroxyl groups is 1. The second kappa shape index (κ2) is 9.23. The number of carbonyl (C=O) groups excluding carboxylic acids is 1. The van der Waals surface area contributed by atoms with Crippen LogP contribution in [0.1, 0.15) is 32.3 Å². The number of nitrogens with one attached hydrogen (secondary N) is 2. The Balaban J connectivity index is 2.24. The van der Waals surface area contributed by atoms with Gasteiger partial charge in [0.25, 0.3) is 0 Å². The highest BCUT2D eigenvalue weighted by Gasteiger charge is 2.09. The van der Waals surface area contributed by atoms with Crippen molar-refractivity contribution in [2.75, 3.05) is 13.2 Å². The molecule has 21 heavy (non-hydrogen) atoms. The van der Waals surface area contributed by atoms with Crippen molar-refractivity contribution in [2.45, 2.75) is 45.8 Å². The zero-order chi connectivity index (χ0) is 15.7. The Morgan fingerprint density at radius 1 is 1.29 bits per heavy atom. The molecule has 0 aliphatic carbocycles. The smallest absolute Gasteiger partial charge is 0.315 e. The van der Waals surface area contributed by atoms with Crippen molar-refractivity contribution in [3.63, 3.8) is 0 Å². The normalized spacial score (nSPS) is 13.3. The fourth-order valence-electron chi connectivity index (χ4n) is 1.87. The SMILES string of the molecule is Cc1ccc(OC(C)CNC(=O)NC(C)CCCO)cc1. The molecule has 0 fully saturated rings. The van der Waals surface area contributed by atoms with Crippen molar-refractivity contribution in [2.24, 2.45) is 0 Å². The van der Waals surface area contributed by atoms with E-state index in [4.69, 9.17) is 9.84 Å². The molecule has 1 aromatic carbocycles. The molecule has 118 valence electrons. The second-order valence-corrected chi connectivity index (χ2v) is 5.36. The molecule has 3 N–H and O–H groups in total. The Kier molecular flexibility index (Phi) is 7.61. The molecule has 2 atom stereocenters. The van der Waals surface area contributed by atoms with Gasteiger partial charge in [-0.2, -0.15) is 0 Å². The summed E-state index contributed by atoms with van der Waals surface area (Å²) in [4.78, 5) is 11.7. The van der Waals surface area contributed by atoms with Crippen molar-refractivity contribution < 1.29 is 14.6 Å². The Labute approximate surface area is 126 Å². The van der Waals surface area contributed by atoms with Crippen molar-refractivity contribution in [3.8, 4) is 5.75 Å². The monoisotopic (exact) mass is 294 g/mol. The first-order valence-corrected chi connectivity index (χ1v) is 7.39. The average Bonchev–Trinajstić information content (AvgIpc) is 2.45. The molecule has 1 rings (SSSR count). The second-order valence-electron chi connectivity index (χ2n) is 5.36. The van der Waals surface area contributed by atoms with Crippen LogP contribution in [0.3, 0.4) is 0 Å². The molecule has 1 aromatic rings. The molecule has 0 aliphatic heterocycles. The van der Waals surface area contributed by atoms with Gasteiger partial charge in [-0.05, 0) is 45.7 Å². The Hall–Kier alpha value is -1.75. The third-order valence-electron chi connectivity index (χ3n) is 3.08. The number of urea groups is 1. The molecule has 0 bridgehead atoms. The number of amides is 2. The first-order valence-electron chi connectivity index (χ1n) is 7.39. The number of carbonyl (C=O) groups is 1. The summed E-state index contributed by atoms with van der Waals surface area (Å²) in [5.41, 5.74) is 1.18. The molecule has 2 amide bonds. The zero-order valence-corrected chi connectivity index (χ0v) is 13.1. The minimum absolute atomic E-state index is 0.0467. The highest BCUT2D eigenvalue weighted by Crippen LogP contribution is 2.12. The molecule has 0 radical (unpaired) electrons. The summed E-state index contributed by atoms with van der Waals surface area (Å²) in [7, 11) is 0. The van der Waals surface area contributed by atoms with Crippen LogP contribution in [0.15, 0.2) is 24.3 Å². The number of hydrogen-bond acceptors (Lipinski definition) is 3. The van der Waals surface area contributed by atoms with Gasteiger partial charge in [0, 0.05) is 12.6 Å². The maximum atomic E-state index is 11.7. The summed E-state index contributed by atoms with van der Waals surface area (Å²) < 4.78 is 5.71. The van der Waals surface area contributed by atoms with Crippen molar-refractivity contribution in [1.29, 1.82) is 0 Å². The van der Waals surface area contributed by atoms with Crippen LogP contribution in [-0.2, 0) is 0 Å². The summed E-state index contributed by atoms with van der Waals surface area (Å²) in [6.45, 7) is 6.44. The Morgan fingerprint density at radius 3 is 2.57 bits per heavy atom. The van der Waals surface area contributed by atoms with Crippen LogP contribution in [0.25, 0.3) is 0 Å². The minimum atomic E-state index is -0.209. The van der Waals surface area contributed by atoms with Crippen molar-refractivity contribution >= 4 is 6.03 Å². The van der Waals surface area contributed by atoms with Gasteiger partial charge in [-0.3, -0.25) is 0 Å². The maximum Gasteiger partial charge on any atom is 0.315 e. The Morgan fingerprint density at radius 2 is 1.95 bits per heavy atom. The number of hydrogen-bond donors (Lipinski definition) is 3. The highest BCUT2D eigenvalue weighted by molar-refractivity contribution is 5.74. The van der Waals surface area contributed by atoms with Gasteiger partial charge in [-0.15, -0.1) is 0 Å². The molecule has 0 saturated carbocycles. The molecule has 0 aromatic heterocycles. The van der Waals surface area contributed by atoms with Crippen LogP contribution in [0.4, 0.5) is 4.79 Å². The van der Waals surface area contributed by atoms with Gasteiger partial charge in [0.1, 0.15) is 11.9 Å². The van der Waals surface area contributed by atoms with Crippen LogP contribution < -0.4 is 15.4 Å². The summed E-state index contributed by atoms with van der Waals surface area (Å²) in [5.74, 6) is 0.798. The third kappa shape index (κ3) is 7.56. The third-order valence-corrected chi connectivity index (χ3v) is 3.08. The van der Waals surface area contributed by atoms with Crippen LogP contribution in [0.2, 0.25) is 0 Å². The summed E-state index contributed by atoms with van der Waals surface area (Å²) in [6.07, 6.45) is 1.35. The van der Waals surface area contributed by atoms with Gasteiger partial charge < -0.3 is 20.5 Å². The highest BCUT2D eigenvalue weighted by atomic mass is 16.5. The van der Waals surface area contributed by atoms with E-state index in [1.807, 2.05) is 45.0 Å². The fourth-order valence-corrected chi connectivity index (χ4v) is 1.87. The van der Waals surface area contributed by atoms with E-state index in [1.165, 1.54) is 5.56 Å². The summed E-state index contributed by atoms with van der Waals surface area (Å²) in [6, 6.07) is 7.66. The summed E-state index contributed by atoms with van der Waals surface area (Å²) >= 11 is 0. The standard InChI is InChI=1S/C16H26N2O3/c1-12-6-8-15(9-7-12)21-14(3)11-17-16(20)18-13(2)5-4-10-19/h6-9,13-14,19H,4-5,10-11H2,1-3H3,(H2,17,18,20). The number of ether oxygens (including phenoxy) is 1. The van der Waals surface area contributed by atoms with Crippen molar-refractivity contribution in [3.05, 3.63) is 29.8 Å². The van der Waals surface area contributed by atoms with E-state index in [0.717, 1.165) is 12.2 Å². The van der Waals surface area contributed by atoms with Crippen LogP contribution in [0, 0.1) is 6.92 Å². The van der Waals surface area contributed by atoms with Gasteiger partial charge in [0.2, 0.25) is 0 Å². The van der Waals surface area contributed by atoms with E-state index in [1.54, 1.807) is 0 Å². The lowest BCUT2D eigenvalue weighted by atomic mass is 10.2. The molecule has 2 unspecified atom stereocenters. The largest absolute Gasteiger partial charge is 0.489 e. The first kappa shape index (κ1) is 17.3. The predicted molar refractivity (Wildman–Crippen MR) is 83.6 cm³/mol. The van der Waals surface area contributed by atoms with E-state index in [2.05, 4.69) is 10.6 Å². The number of aryl methyl sites for hydroxylation is 1. The number of rotatable bonds is 8. The van der Waals surface area contributed by atoms with Crippen LogP contribution >= 0.6 is 0 Å². The van der Waals surface area contributed by atoms with Gasteiger partial charge in [-0.25, -0.2) is 4.79 Å². The van der Waals surface area contributed by atoms with Gasteiger partial charge in [0.15, 0.2) is 0 Å². The van der Waals surface area contributed by atoms with E-state index in [0.29, 0.717) is 13.0 Å². The number of aliphatic hydroxyl groups excluding tert-OH is 1. The molecule has 0 heterocycles. The first-order chi connectivity index (χ1) is 10.0. The zero-order valence-electron chi connectivity index (χ0n) is 13.1. The van der Waals surface area contributed by atoms with Gasteiger partial charge in [-0.1, -0.05) is 17.7 Å². The lowest BCUT2D eigenvalue weighted by Gasteiger charge is -2.18. The van der Waals surface area contributed by atoms with E-state index < -0.39 is 0 Å².